The number of benzene rings is 2. The van der Waals surface area contributed by atoms with Gasteiger partial charge in [0.1, 0.15) is 5.75 Å². The van der Waals surface area contributed by atoms with Gasteiger partial charge in [0.15, 0.2) is 6.61 Å². The first kappa shape index (κ1) is 20.5. The van der Waals surface area contributed by atoms with Gasteiger partial charge in [0, 0.05) is 5.69 Å². The van der Waals surface area contributed by atoms with E-state index < -0.39 is 0 Å². The molecule has 144 valence electrons. The standard InChI is InChI=1S/C22H27NO4/c1-3-4-5-8-15-26-22(25)18-11-13-19(14-12-18)23-21(24)16-27-20-10-7-6-9-17(20)2/h6-7,9-14H,3-5,8,15-16H2,1-2H3,(H,23,24). The zero-order valence-corrected chi connectivity index (χ0v) is 16.0. The van der Waals surface area contributed by atoms with Gasteiger partial charge in [-0.25, -0.2) is 4.79 Å². The highest BCUT2D eigenvalue weighted by atomic mass is 16.5. The van der Waals surface area contributed by atoms with Gasteiger partial charge in [0.05, 0.1) is 12.2 Å². The van der Waals surface area contributed by atoms with Gasteiger partial charge in [0.25, 0.3) is 5.91 Å². The summed E-state index contributed by atoms with van der Waals surface area (Å²) >= 11 is 0. The molecule has 0 fully saturated rings. The third kappa shape index (κ3) is 7.13. The minimum atomic E-state index is -0.340. The molecule has 0 heterocycles. The van der Waals surface area contributed by atoms with Crippen LogP contribution in [0, 0.1) is 6.92 Å². The van der Waals surface area contributed by atoms with Gasteiger partial charge < -0.3 is 14.8 Å². The van der Waals surface area contributed by atoms with E-state index >= 15 is 0 Å². The second-order valence-electron chi connectivity index (χ2n) is 6.38. The first-order valence-electron chi connectivity index (χ1n) is 9.35. The lowest BCUT2D eigenvalue weighted by molar-refractivity contribution is -0.118. The largest absolute Gasteiger partial charge is 0.483 e. The SMILES string of the molecule is CCCCCCOC(=O)c1ccc(NC(=O)COc2ccccc2C)cc1. The Morgan fingerprint density at radius 2 is 1.70 bits per heavy atom. The maximum atomic E-state index is 12.0. The lowest BCUT2D eigenvalue weighted by atomic mass is 10.2. The van der Waals surface area contributed by atoms with Gasteiger partial charge >= 0.3 is 5.97 Å². The molecule has 1 amide bonds. The molecule has 0 saturated heterocycles. The van der Waals surface area contributed by atoms with Crippen molar-refractivity contribution in [3.05, 3.63) is 59.7 Å². The van der Waals surface area contributed by atoms with Crippen LogP contribution >= 0.6 is 0 Å². The average molecular weight is 369 g/mol. The second kappa shape index (κ2) is 11.0. The van der Waals surface area contributed by atoms with E-state index in [1.54, 1.807) is 24.3 Å². The first-order valence-corrected chi connectivity index (χ1v) is 9.35. The molecule has 5 heteroatoms. The van der Waals surface area contributed by atoms with Crippen LogP contribution in [0.4, 0.5) is 5.69 Å². The fourth-order valence-electron chi connectivity index (χ4n) is 2.53. The monoisotopic (exact) mass is 369 g/mol. The van der Waals surface area contributed by atoms with Crippen molar-refractivity contribution >= 4 is 17.6 Å². The number of hydrogen-bond acceptors (Lipinski definition) is 4. The number of esters is 1. The van der Waals surface area contributed by atoms with Crippen molar-refractivity contribution in [3.63, 3.8) is 0 Å². The number of ether oxygens (including phenoxy) is 2. The summed E-state index contributed by atoms with van der Waals surface area (Å²) in [5.74, 6) is 0.0847. The Balaban J connectivity index is 1.76. The van der Waals surface area contributed by atoms with Gasteiger partial charge in [-0.05, 0) is 49.2 Å². The molecule has 2 rings (SSSR count). The molecule has 0 aliphatic heterocycles. The second-order valence-corrected chi connectivity index (χ2v) is 6.38. The van der Waals surface area contributed by atoms with E-state index in [9.17, 15) is 9.59 Å². The number of anilines is 1. The molecule has 2 aromatic carbocycles. The zero-order chi connectivity index (χ0) is 19.5. The van der Waals surface area contributed by atoms with E-state index in [0.29, 0.717) is 23.6 Å². The number of carbonyl (C=O) groups excluding carboxylic acids is 2. The van der Waals surface area contributed by atoms with Crippen LogP contribution in [0.5, 0.6) is 5.75 Å². The summed E-state index contributed by atoms with van der Waals surface area (Å²) in [6.07, 6.45) is 4.25. The van der Waals surface area contributed by atoms with Crippen LogP contribution < -0.4 is 10.1 Å². The van der Waals surface area contributed by atoms with Crippen LogP contribution in [0.3, 0.4) is 0 Å². The number of nitrogens with one attached hydrogen (secondary N) is 1. The van der Waals surface area contributed by atoms with Crippen LogP contribution in [0.1, 0.15) is 48.5 Å². The van der Waals surface area contributed by atoms with E-state index in [1.807, 2.05) is 31.2 Å². The molecule has 0 atom stereocenters. The Labute approximate surface area is 160 Å². The van der Waals surface area contributed by atoms with Gasteiger partial charge in [0.2, 0.25) is 0 Å². The summed E-state index contributed by atoms with van der Waals surface area (Å²) in [5.41, 5.74) is 2.05. The maximum absolute atomic E-state index is 12.0. The molecule has 0 unspecified atom stereocenters. The third-order valence-corrected chi connectivity index (χ3v) is 4.09. The number of carbonyl (C=O) groups is 2. The fourth-order valence-corrected chi connectivity index (χ4v) is 2.53. The van der Waals surface area contributed by atoms with E-state index in [1.165, 1.54) is 0 Å². The van der Waals surface area contributed by atoms with E-state index in [4.69, 9.17) is 9.47 Å². The minimum absolute atomic E-state index is 0.0770. The number of unbranched alkanes of at least 4 members (excludes halogenated alkanes) is 3. The predicted molar refractivity (Wildman–Crippen MR) is 106 cm³/mol. The number of aryl methyl sites for hydroxylation is 1. The van der Waals surface area contributed by atoms with Crippen molar-refractivity contribution < 1.29 is 19.1 Å². The quantitative estimate of drug-likeness (QED) is 0.485. The van der Waals surface area contributed by atoms with Crippen molar-refractivity contribution in [2.45, 2.75) is 39.5 Å². The molecule has 2 aromatic rings. The van der Waals surface area contributed by atoms with Crippen molar-refractivity contribution in [2.75, 3.05) is 18.5 Å². The third-order valence-electron chi connectivity index (χ3n) is 4.09. The normalized spacial score (nSPS) is 10.3. The van der Waals surface area contributed by atoms with E-state index in [2.05, 4.69) is 12.2 Å². The smallest absolute Gasteiger partial charge is 0.338 e. The van der Waals surface area contributed by atoms with Crippen LogP contribution in [0.2, 0.25) is 0 Å². The molecule has 0 aliphatic rings. The van der Waals surface area contributed by atoms with Crippen molar-refractivity contribution in [1.82, 2.24) is 0 Å². The topological polar surface area (TPSA) is 64.6 Å². The van der Waals surface area contributed by atoms with Gasteiger partial charge in [-0.3, -0.25) is 4.79 Å². The van der Waals surface area contributed by atoms with Crippen molar-refractivity contribution in [1.29, 1.82) is 0 Å². The summed E-state index contributed by atoms with van der Waals surface area (Å²) in [4.78, 5) is 24.0. The molecule has 27 heavy (non-hydrogen) atoms. The molecule has 0 saturated carbocycles. The molecule has 0 aromatic heterocycles. The Bertz CT molecular complexity index is 740. The molecule has 5 nitrogen and oxygen atoms in total. The number of amides is 1. The lowest BCUT2D eigenvalue weighted by Crippen LogP contribution is -2.20. The summed E-state index contributed by atoms with van der Waals surface area (Å²) in [7, 11) is 0. The first-order chi connectivity index (χ1) is 13.1. The Morgan fingerprint density at radius 1 is 0.963 bits per heavy atom. The molecule has 0 radical (unpaired) electrons. The Morgan fingerprint density at radius 3 is 2.41 bits per heavy atom. The summed E-state index contributed by atoms with van der Waals surface area (Å²) in [6.45, 7) is 4.43. The van der Waals surface area contributed by atoms with Gasteiger partial charge in [-0.15, -0.1) is 0 Å². The molecular weight excluding hydrogens is 342 g/mol. The predicted octanol–water partition coefficient (Wildman–Crippen LogP) is 4.75. The highest BCUT2D eigenvalue weighted by Gasteiger charge is 2.09. The molecular formula is C22H27NO4. The van der Waals surface area contributed by atoms with E-state index in [-0.39, 0.29) is 18.5 Å². The summed E-state index contributed by atoms with van der Waals surface area (Å²) in [6, 6.07) is 14.2. The molecule has 0 bridgehead atoms. The number of para-hydroxylation sites is 1. The van der Waals surface area contributed by atoms with Crippen LogP contribution in [-0.2, 0) is 9.53 Å². The average Bonchev–Trinajstić information content (AvgIpc) is 2.67. The summed E-state index contributed by atoms with van der Waals surface area (Å²) in [5, 5.41) is 2.75. The van der Waals surface area contributed by atoms with Crippen LogP contribution in [0.25, 0.3) is 0 Å². The van der Waals surface area contributed by atoms with Gasteiger partial charge in [-0.1, -0.05) is 44.4 Å². The Kier molecular flexibility index (Phi) is 8.36. The fraction of sp³-hybridized carbons (Fsp3) is 0.364. The van der Waals surface area contributed by atoms with E-state index in [0.717, 1.165) is 31.2 Å². The Hall–Kier alpha value is -2.82. The van der Waals surface area contributed by atoms with Crippen molar-refractivity contribution in [2.24, 2.45) is 0 Å². The van der Waals surface area contributed by atoms with Crippen LogP contribution in [-0.4, -0.2) is 25.1 Å². The molecule has 0 spiro atoms. The minimum Gasteiger partial charge on any atom is -0.483 e. The summed E-state index contributed by atoms with van der Waals surface area (Å²) < 4.78 is 10.8. The van der Waals surface area contributed by atoms with Crippen LogP contribution in [0.15, 0.2) is 48.5 Å². The molecule has 0 aliphatic carbocycles. The molecule has 1 N–H and O–H groups in total. The maximum Gasteiger partial charge on any atom is 0.338 e. The van der Waals surface area contributed by atoms with Gasteiger partial charge in [-0.2, -0.15) is 0 Å². The zero-order valence-electron chi connectivity index (χ0n) is 16.0. The highest BCUT2D eigenvalue weighted by Crippen LogP contribution is 2.16. The number of hydrogen-bond donors (Lipinski definition) is 1. The highest BCUT2D eigenvalue weighted by molar-refractivity contribution is 5.93. The lowest BCUT2D eigenvalue weighted by Gasteiger charge is -2.10. The van der Waals surface area contributed by atoms with Crippen molar-refractivity contribution in [3.8, 4) is 5.75 Å². The number of rotatable bonds is 10.